The van der Waals surface area contributed by atoms with E-state index in [1.807, 2.05) is 72.2 Å². The van der Waals surface area contributed by atoms with Crippen LogP contribution >= 0.6 is 0 Å². The number of furan rings is 1. The van der Waals surface area contributed by atoms with Crippen LogP contribution in [0.3, 0.4) is 0 Å². The van der Waals surface area contributed by atoms with Crippen molar-refractivity contribution in [1.82, 2.24) is 14.8 Å². The molecule has 2 amide bonds. The zero-order valence-corrected chi connectivity index (χ0v) is 18.6. The standard InChI is InChI=1S/C26H25N3O4/c1-26(25(31)27-15-19-9-4-6-12-23(19)32-2)17-28-21-11-5-3-8-18(21)14-22(28)24(30)29(26)16-20-10-7-13-33-20/h3-14H,15-17H2,1-2H3,(H,27,31)/t26-/m0/s1. The third-order valence-electron chi connectivity index (χ3n) is 6.35. The molecule has 0 aliphatic carbocycles. The highest BCUT2D eigenvalue weighted by atomic mass is 16.5. The number of aromatic nitrogens is 1. The molecule has 0 radical (unpaired) electrons. The molecule has 0 bridgehead atoms. The average Bonchev–Trinajstić information content (AvgIpc) is 3.48. The molecule has 7 nitrogen and oxygen atoms in total. The molecule has 33 heavy (non-hydrogen) atoms. The highest BCUT2D eigenvalue weighted by molar-refractivity contribution is 6.03. The molecule has 1 aliphatic heterocycles. The molecule has 4 aromatic rings. The van der Waals surface area contributed by atoms with E-state index in [4.69, 9.17) is 9.15 Å². The second kappa shape index (κ2) is 8.16. The van der Waals surface area contributed by atoms with Gasteiger partial charge in [0.15, 0.2) is 0 Å². The normalized spacial score (nSPS) is 17.8. The molecule has 1 N–H and O–H groups in total. The SMILES string of the molecule is COc1ccccc1CNC(=O)[C@]1(C)Cn2c(cc3ccccc32)C(=O)N1Cc1ccco1. The number of hydrogen-bond donors (Lipinski definition) is 1. The van der Waals surface area contributed by atoms with Crippen molar-refractivity contribution in [2.75, 3.05) is 7.11 Å². The highest BCUT2D eigenvalue weighted by Crippen LogP contribution is 2.33. The zero-order valence-electron chi connectivity index (χ0n) is 18.6. The molecule has 1 atom stereocenters. The zero-order chi connectivity index (χ0) is 23.0. The quantitative estimate of drug-likeness (QED) is 0.489. The molecule has 0 saturated carbocycles. The van der Waals surface area contributed by atoms with Crippen molar-refractivity contribution < 1.29 is 18.7 Å². The minimum Gasteiger partial charge on any atom is -0.496 e. The molecule has 5 rings (SSSR count). The summed E-state index contributed by atoms with van der Waals surface area (Å²) in [7, 11) is 1.60. The first-order chi connectivity index (χ1) is 16.0. The third-order valence-corrected chi connectivity index (χ3v) is 6.35. The van der Waals surface area contributed by atoms with E-state index in [2.05, 4.69) is 5.32 Å². The molecule has 3 heterocycles. The predicted octanol–water partition coefficient (Wildman–Crippen LogP) is 3.97. The summed E-state index contributed by atoms with van der Waals surface area (Å²) in [6.45, 7) is 2.63. The van der Waals surface area contributed by atoms with Crippen LogP contribution in [0.1, 0.15) is 28.7 Å². The number of carbonyl (C=O) groups is 2. The number of rotatable bonds is 6. The van der Waals surface area contributed by atoms with Gasteiger partial charge >= 0.3 is 0 Å². The average molecular weight is 444 g/mol. The summed E-state index contributed by atoms with van der Waals surface area (Å²) in [5.74, 6) is 0.881. The summed E-state index contributed by atoms with van der Waals surface area (Å²) in [5, 5.41) is 4.00. The molecule has 0 saturated heterocycles. The minimum atomic E-state index is -1.12. The highest BCUT2D eigenvalue weighted by Gasteiger charge is 2.47. The Morgan fingerprint density at radius 1 is 1.12 bits per heavy atom. The monoisotopic (exact) mass is 443 g/mol. The number of benzene rings is 2. The van der Waals surface area contributed by atoms with Crippen LogP contribution in [0.15, 0.2) is 77.4 Å². The fraction of sp³-hybridized carbons (Fsp3) is 0.231. The van der Waals surface area contributed by atoms with Crippen molar-refractivity contribution in [3.05, 3.63) is 90.0 Å². The van der Waals surface area contributed by atoms with Gasteiger partial charge in [0.25, 0.3) is 5.91 Å². The molecule has 168 valence electrons. The Kier molecular flexibility index (Phi) is 5.17. The van der Waals surface area contributed by atoms with Gasteiger partial charge in [0, 0.05) is 23.0 Å². The van der Waals surface area contributed by atoms with E-state index < -0.39 is 5.54 Å². The van der Waals surface area contributed by atoms with E-state index in [0.717, 1.165) is 16.5 Å². The van der Waals surface area contributed by atoms with Gasteiger partial charge in [0.2, 0.25) is 5.91 Å². The summed E-state index contributed by atoms with van der Waals surface area (Å²) < 4.78 is 12.9. The van der Waals surface area contributed by atoms with Crippen LogP contribution in [0.2, 0.25) is 0 Å². The van der Waals surface area contributed by atoms with Crippen LogP contribution < -0.4 is 10.1 Å². The maximum Gasteiger partial charge on any atom is 0.271 e. The number of carbonyl (C=O) groups excluding carboxylic acids is 2. The van der Waals surface area contributed by atoms with Crippen LogP contribution in [-0.4, -0.2) is 33.9 Å². The van der Waals surface area contributed by atoms with Crippen molar-refractivity contribution in [3.63, 3.8) is 0 Å². The first-order valence-corrected chi connectivity index (χ1v) is 10.8. The summed E-state index contributed by atoms with van der Waals surface area (Å²) in [4.78, 5) is 28.9. The Balaban J connectivity index is 1.51. The van der Waals surface area contributed by atoms with Crippen LogP contribution in [-0.2, 0) is 24.4 Å². The second-order valence-electron chi connectivity index (χ2n) is 8.41. The maximum absolute atomic E-state index is 13.7. The second-order valence-corrected chi connectivity index (χ2v) is 8.41. The summed E-state index contributed by atoms with van der Waals surface area (Å²) in [6.07, 6.45) is 1.57. The van der Waals surface area contributed by atoms with E-state index in [-0.39, 0.29) is 18.4 Å². The van der Waals surface area contributed by atoms with E-state index in [1.165, 1.54) is 0 Å². The van der Waals surface area contributed by atoms with Crippen LogP contribution in [0, 0.1) is 0 Å². The van der Waals surface area contributed by atoms with Crippen molar-refractivity contribution in [1.29, 1.82) is 0 Å². The molecule has 2 aromatic heterocycles. The fourth-order valence-electron chi connectivity index (χ4n) is 4.53. The first kappa shape index (κ1) is 20.9. The number of para-hydroxylation sites is 2. The molecule has 1 aliphatic rings. The Morgan fingerprint density at radius 2 is 1.91 bits per heavy atom. The number of nitrogens with one attached hydrogen (secondary N) is 1. The maximum atomic E-state index is 13.7. The Morgan fingerprint density at radius 3 is 2.70 bits per heavy atom. The van der Waals surface area contributed by atoms with Gasteiger partial charge < -0.3 is 23.9 Å². The smallest absolute Gasteiger partial charge is 0.271 e. The number of hydrogen-bond acceptors (Lipinski definition) is 4. The largest absolute Gasteiger partial charge is 0.496 e. The van der Waals surface area contributed by atoms with E-state index >= 15 is 0 Å². The predicted molar refractivity (Wildman–Crippen MR) is 124 cm³/mol. The number of ether oxygens (including phenoxy) is 1. The lowest BCUT2D eigenvalue weighted by Gasteiger charge is -2.43. The van der Waals surface area contributed by atoms with Crippen molar-refractivity contribution >= 4 is 22.7 Å². The van der Waals surface area contributed by atoms with Gasteiger partial charge in [-0.25, -0.2) is 0 Å². The number of methoxy groups -OCH3 is 1. The first-order valence-electron chi connectivity index (χ1n) is 10.8. The van der Waals surface area contributed by atoms with Gasteiger partial charge in [-0.05, 0) is 37.3 Å². The van der Waals surface area contributed by atoms with Crippen molar-refractivity contribution in [3.8, 4) is 5.75 Å². The fourth-order valence-corrected chi connectivity index (χ4v) is 4.53. The molecule has 7 heteroatoms. The van der Waals surface area contributed by atoms with Gasteiger partial charge in [0.1, 0.15) is 22.7 Å². The molecule has 0 fully saturated rings. The molecule has 2 aromatic carbocycles. The third kappa shape index (κ3) is 3.55. The van der Waals surface area contributed by atoms with Gasteiger partial charge in [-0.1, -0.05) is 36.4 Å². The number of fused-ring (bicyclic) bond motifs is 3. The summed E-state index contributed by atoms with van der Waals surface area (Å²) in [5.41, 5.74) is 1.24. The van der Waals surface area contributed by atoms with Crippen LogP contribution in [0.5, 0.6) is 5.75 Å². The molecular formula is C26H25N3O4. The Hall–Kier alpha value is -4.00. The van der Waals surface area contributed by atoms with E-state index in [0.29, 0.717) is 30.3 Å². The van der Waals surface area contributed by atoms with Gasteiger partial charge in [0.05, 0.1) is 26.5 Å². The summed E-state index contributed by atoms with van der Waals surface area (Å²) >= 11 is 0. The molecule has 0 unspecified atom stereocenters. The van der Waals surface area contributed by atoms with Crippen LogP contribution in [0.25, 0.3) is 10.9 Å². The van der Waals surface area contributed by atoms with Crippen molar-refractivity contribution in [2.45, 2.75) is 32.1 Å². The lowest BCUT2D eigenvalue weighted by Crippen LogP contribution is -2.63. The Labute approximate surface area is 191 Å². The minimum absolute atomic E-state index is 0.200. The van der Waals surface area contributed by atoms with Crippen LogP contribution in [0.4, 0.5) is 0 Å². The number of nitrogens with zero attached hydrogens (tertiary/aromatic N) is 2. The van der Waals surface area contributed by atoms with E-state index in [1.54, 1.807) is 24.3 Å². The summed E-state index contributed by atoms with van der Waals surface area (Å²) in [6, 6.07) is 20.9. The lowest BCUT2D eigenvalue weighted by atomic mass is 9.94. The molecular weight excluding hydrogens is 418 g/mol. The van der Waals surface area contributed by atoms with E-state index in [9.17, 15) is 9.59 Å². The van der Waals surface area contributed by atoms with Gasteiger partial charge in [-0.2, -0.15) is 0 Å². The topological polar surface area (TPSA) is 76.7 Å². The lowest BCUT2D eigenvalue weighted by molar-refractivity contribution is -0.133. The van der Waals surface area contributed by atoms with Gasteiger partial charge in [-0.15, -0.1) is 0 Å². The van der Waals surface area contributed by atoms with Gasteiger partial charge in [-0.3, -0.25) is 9.59 Å². The Bertz CT molecular complexity index is 1320. The molecule has 0 spiro atoms. The number of amides is 2. The van der Waals surface area contributed by atoms with Crippen molar-refractivity contribution in [2.24, 2.45) is 0 Å².